The Morgan fingerprint density at radius 3 is 2.62 bits per heavy atom. The predicted molar refractivity (Wildman–Crippen MR) is 120 cm³/mol. The number of nitrogens with zero attached hydrogens (tertiary/aromatic N) is 2. The summed E-state index contributed by atoms with van der Waals surface area (Å²) < 4.78 is 1.54. The molecular weight excluding hydrogens is 382 g/mol. The summed E-state index contributed by atoms with van der Waals surface area (Å²) in [5.74, 6) is -0.0495. The van der Waals surface area contributed by atoms with E-state index < -0.39 is 0 Å². The van der Waals surface area contributed by atoms with E-state index in [9.17, 15) is 9.59 Å². The van der Waals surface area contributed by atoms with Crippen LogP contribution >= 0.6 is 11.3 Å². The molecule has 1 N–H and O–H groups in total. The largest absolute Gasteiger partial charge is 0.354 e. The van der Waals surface area contributed by atoms with Gasteiger partial charge in [-0.15, -0.1) is 11.3 Å². The zero-order chi connectivity index (χ0) is 21.2. The highest BCUT2D eigenvalue weighted by atomic mass is 32.1. The molecule has 1 amide bonds. The van der Waals surface area contributed by atoms with Crippen LogP contribution in [-0.4, -0.2) is 21.5 Å². The van der Waals surface area contributed by atoms with Gasteiger partial charge in [-0.3, -0.25) is 14.2 Å². The molecular formula is C23H29N3O2S. The number of carbonyl (C=O) groups excluding carboxylic acids is 1. The number of fused-ring (bicyclic) bond motifs is 1. The molecule has 0 aliphatic carbocycles. The highest BCUT2D eigenvalue weighted by molar-refractivity contribution is 7.18. The van der Waals surface area contributed by atoms with Crippen LogP contribution < -0.4 is 10.9 Å². The highest BCUT2D eigenvalue weighted by Crippen LogP contribution is 2.28. The molecule has 0 fully saturated rings. The third-order valence-corrected chi connectivity index (χ3v) is 6.63. The van der Waals surface area contributed by atoms with E-state index in [4.69, 9.17) is 0 Å². The zero-order valence-electron chi connectivity index (χ0n) is 17.8. The molecule has 5 nitrogen and oxygen atoms in total. The number of hydrogen-bond acceptors (Lipinski definition) is 4. The minimum absolute atomic E-state index is 0.0335. The van der Waals surface area contributed by atoms with Crippen LogP contribution in [0.4, 0.5) is 0 Å². The average molecular weight is 412 g/mol. The fourth-order valence-electron chi connectivity index (χ4n) is 3.82. The van der Waals surface area contributed by atoms with Crippen LogP contribution in [-0.2, 0) is 16.8 Å². The summed E-state index contributed by atoms with van der Waals surface area (Å²) in [5.41, 5.74) is 2.14. The van der Waals surface area contributed by atoms with Crippen molar-refractivity contribution in [2.75, 3.05) is 0 Å². The molecule has 29 heavy (non-hydrogen) atoms. The van der Waals surface area contributed by atoms with Crippen molar-refractivity contribution in [1.29, 1.82) is 0 Å². The van der Waals surface area contributed by atoms with Crippen LogP contribution in [0.15, 0.2) is 41.5 Å². The SMILES string of the molecule is Cc1sc2ncn(CCC(=O)NC(C)CC(C)(C)c3ccccc3)c(=O)c2c1C. The highest BCUT2D eigenvalue weighted by Gasteiger charge is 2.24. The second-order valence-corrected chi connectivity index (χ2v) is 9.58. The van der Waals surface area contributed by atoms with Gasteiger partial charge in [0, 0.05) is 23.9 Å². The van der Waals surface area contributed by atoms with Crippen molar-refractivity contribution < 1.29 is 4.79 Å². The summed E-state index contributed by atoms with van der Waals surface area (Å²) in [6, 6.07) is 10.4. The van der Waals surface area contributed by atoms with Gasteiger partial charge >= 0.3 is 0 Å². The molecule has 1 aromatic carbocycles. The second kappa shape index (κ2) is 8.49. The maximum Gasteiger partial charge on any atom is 0.262 e. The number of carbonyl (C=O) groups is 1. The molecule has 0 aliphatic rings. The lowest BCUT2D eigenvalue weighted by Crippen LogP contribution is -2.38. The number of rotatable bonds is 7. The number of hydrogen-bond donors (Lipinski definition) is 1. The summed E-state index contributed by atoms with van der Waals surface area (Å²) in [6.07, 6.45) is 2.64. The van der Waals surface area contributed by atoms with Crippen molar-refractivity contribution in [1.82, 2.24) is 14.9 Å². The third-order valence-electron chi connectivity index (χ3n) is 5.51. The standard InChI is InChI=1S/C23H29N3O2S/c1-15(13-23(4,5)18-9-7-6-8-10-18)25-19(27)11-12-26-14-24-21-20(22(26)28)16(2)17(3)29-21/h6-10,14-15H,11-13H2,1-5H3,(H,25,27). The molecule has 0 bridgehead atoms. The van der Waals surface area contributed by atoms with Crippen molar-refractivity contribution >= 4 is 27.5 Å². The Morgan fingerprint density at radius 2 is 1.93 bits per heavy atom. The Morgan fingerprint density at radius 1 is 1.24 bits per heavy atom. The first kappa shape index (κ1) is 21.2. The van der Waals surface area contributed by atoms with Crippen molar-refractivity contribution in [3.63, 3.8) is 0 Å². The van der Waals surface area contributed by atoms with Crippen LogP contribution in [0.2, 0.25) is 0 Å². The van der Waals surface area contributed by atoms with Crippen molar-refractivity contribution in [2.24, 2.45) is 0 Å². The Labute approximate surface area is 175 Å². The molecule has 0 aliphatic heterocycles. The molecule has 2 aromatic heterocycles. The van der Waals surface area contributed by atoms with Gasteiger partial charge in [0.2, 0.25) is 5.91 Å². The van der Waals surface area contributed by atoms with Crippen LogP contribution in [0.5, 0.6) is 0 Å². The van der Waals surface area contributed by atoms with Gasteiger partial charge in [-0.2, -0.15) is 0 Å². The molecule has 2 heterocycles. The Kier molecular flexibility index (Phi) is 6.22. The predicted octanol–water partition coefficient (Wildman–Crippen LogP) is 4.34. The first-order valence-electron chi connectivity index (χ1n) is 9.99. The van der Waals surface area contributed by atoms with Crippen LogP contribution in [0.25, 0.3) is 10.2 Å². The van der Waals surface area contributed by atoms with Crippen molar-refractivity contribution in [2.45, 2.75) is 65.5 Å². The van der Waals surface area contributed by atoms with Crippen LogP contribution in [0.3, 0.4) is 0 Å². The van der Waals surface area contributed by atoms with E-state index in [2.05, 4.69) is 36.3 Å². The van der Waals surface area contributed by atoms with E-state index in [-0.39, 0.29) is 29.3 Å². The fraction of sp³-hybridized carbons (Fsp3) is 0.435. The summed E-state index contributed by atoms with van der Waals surface area (Å²) >= 11 is 1.53. The molecule has 6 heteroatoms. The van der Waals surface area contributed by atoms with E-state index in [0.29, 0.717) is 11.9 Å². The van der Waals surface area contributed by atoms with Gasteiger partial charge in [-0.25, -0.2) is 4.98 Å². The summed E-state index contributed by atoms with van der Waals surface area (Å²) in [4.78, 5) is 31.5. The summed E-state index contributed by atoms with van der Waals surface area (Å²) in [7, 11) is 0. The van der Waals surface area contributed by atoms with Gasteiger partial charge in [-0.05, 0) is 43.7 Å². The maximum atomic E-state index is 12.7. The smallest absolute Gasteiger partial charge is 0.262 e. The monoisotopic (exact) mass is 411 g/mol. The van der Waals surface area contributed by atoms with E-state index >= 15 is 0 Å². The number of aryl methyl sites for hydroxylation is 3. The number of nitrogens with one attached hydrogen (secondary N) is 1. The maximum absolute atomic E-state index is 12.7. The molecule has 0 spiro atoms. The zero-order valence-corrected chi connectivity index (χ0v) is 18.6. The first-order chi connectivity index (χ1) is 13.7. The summed E-state index contributed by atoms with van der Waals surface area (Å²) in [6.45, 7) is 10.7. The molecule has 0 radical (unpaired) electrons. The molecule has 0 saturated heterocycles. The van der Waals surface area contributed by atoms with Gasteiger partial charge in [0.15, 0.2) is 0 Å². The van der Waals surface area contributed by atoms with Crippen LogP contribution in [0.1, 0.15) is 49.6 Å². The van der Waals surface area contributed by atoms with Crippen LogP contribution in [0, 0.1) is 13.8 Å². The fourth-order valence-corrected chi connectivity index (χ4v) is 4.81. The molecule has 1 unspecified atom stereocenters. The number of aromatic nitrogens is 2. The number of amides is 1. The van der Waals surface area contributed by atoms with Gasteiger partial charge in [-0.1, -0.05) is 44.2 Å². The van der Waals surface area contributed by atoms with E-state index in [1.54, 1.807) is 10.9 Å². The Hall–Kier alpha value is -2.47. The van der Waals surface area contributed by atoms with Gasteiger partial charge < -0.3 is 5.32 Å². The average Bonchev–Trinajstić information content (AvgIpc) is 2.96. The Bertz CT molecular complexity index is 1070. The van der Waals surface area contributed by atoms with Gasteiger partial charge in [0.05, 0.1) is 11.7 Å². The van der Waals surface area contributed by atoms with Crippen molar-refractivity contribution in [3.05, 3.63) is 63.0 Å². The normalized spacial score (nSPS) is 12.9. The van der Waals surface area contributed by atoms with Crippen molar-refractivity contribution in [3.8, 4) is 0 Å². The van der Waals surface area contributed by atoms with E-state index in [1.807, 2.05) is 39.0 Å². The molecule has 154 valence electrons. The minimum Gasteiger partial charge on any atom is -0.354 e. The lowest BCUT2D eigenvalue weighted by Gasteiger charge is -2.29. The first-order valence-corrected chi connectivity index (χ1v) is 10.8. The Balaban J connectivity index is 1.60. The van der Waals surface area contributed by atoms with Gasteiger partial charge in [0.1, 0.15) is 4.83 Å². The lowest BCUT2D eigenvalue weighted by molar-refractivity contribution is -0.122. The molecule has 0 saturated carbocycles. The lowest BCUT2D eigenvalue weighted by atomic mass is 9.79. The van der Waals surface area contributed by atoms with E-state index in [0.717, 1.165) is 21.7 Å². The minimum atomic E-state index is -0.0668. The molecule has 3 rings (SSSR count). The number of thiophene rings is 1. The van der Waals surface area contributed by atoms with Gasteiger partial charge in [0.25, 0.3) is 5.56 Å². The number of benzene rings is 1. The summed E-state index contributed by atoms with van der Waals surface area (Å²) in [5, 5.41) is 3.75. The molecule has 1 atom stereocenters. The third kappa shape index (κ3) is 4.75. The topological polar surface area (TPSA) is 64.0 Å². The molecule has 3 aromatic rings. The van der Waals surface area contributed by atoms with E-state index in [1.165, 1.54) is 16.9 Å². The second-order valence-electron chi connectivity index (χ2n) is 8.38. The quantitative estimate of drug-likeness (QED) is 0.629.